The summed E-state index contributed by atoms with van der Waals surface area (Å²) in [5.41, 5.74) is 0.352. The Balaban J connectivity index is 3.19. The zero-order valence-electron chi connectivity index (χ0n) is 10.6. The molecule has 0 aromatic heterocycles. The van der Waals surface area contributed by atoms with Crippen LogP contribution in [0.1, 0.15) is 12.5 Å². The van der Waals surface area contributed by atoms with Gasteiger partial charge in [0.2, 0.25) is 0 Å². The summed E-state index contributed by atoms with van der Waals surface area (Å²) in [7, 11) is 0. The lowest BCUT2D eigenvalue weighted by molar-refractivity contribution is 0.339. The maximum atomic E-state index is 8.94. The van der Waals surface area contributed by atoms with Gasteiger partial charge < -0.3 is 10.1 Å². The van der Waals surface area contributed by atoms with E-state index in [4.69, 9.17) is 25.8 Å². The van der Waals surface area contributed by atoms with Crippen LogP contribution in [0, 0.1) is 45.3 Å². The molecular weight excluding hydrogens is 254 g/mol. The molecule has 0 unspecified atom stereocenters. The number of rotatable bonds is 4. The summed E-state index contributed by atoms with van der Waals surface area (Å²) in [6, 6.07) is 11.6. The molecule has 96 valence electrons. The van der Waals surface area contributed by atoms with Gasteiger partial charge in [-0.05, 0) is 19.1 Å². The van der Waals surface area contributed by atoms with Crippen LogP contribution in [0.5, 0.6) is 5.75 Å². The van der Waals surface area contributed by atoms with Crippen molar-refractivity contribution in [1.82, 2.24) is 0 Å². The highest BCUT2D eigenvalue weighted by atomic mass is 16.5. The first-order chi connectivity index (χ1) is 9.69. The third-order valence-corrected chi connectivity index (χ3v) is 2.26. The Bertz CT molecular complexity index is 691. The first-order valence-corrected chi connectivity index (χ1v) is 5.58. The molecule has 0 bridgehead atoms. The van der Waals surface area contributed by atoms with E-state index in [1.807, 2.05) is 6.07 Å². The van der Waals surface area contributed by atoms with Gasteiger partial charge in [-0.2, -0.15) is 21.0 Å². The van der Waals surface area contributed by atoms with Gasteiger partial charge in [0.15, 0.2) is 5.57 Å². The van der Waals surface area contributed by atoms with Crippen LogP contribution < -0.4 is 10.1 Å². The van der Waals surface area contributed by atoms with Gasteiger partial charge in [0.1, 0.15) is 35.7 Å². The number of hydrogen-bond acceptors (Lipinski definition) is 6. The highest BCUT2D eigenvalue weighted by Gasteiger charge is 2.09. The fraction of sp³-hybridized carbons (Fsp3) is 0.143. The summed E-state index contributed by atoms with van der Waals surface area (Å²) in [6.45, 7) is 2.17. The van der Waals surface area contributed by atoms with E-state index in [9.17, 15) is 0 Å². The van der Waals surface area contributed by atoms with Crippen LogP contribution in [0.15, 0.2) is 29.5 Å². The van der Waals surface area contributed by atoms with Gasteiger partial charge in [0, 0.05) is 11.8 Å². The molecule has 1 aromatic carbocycles. The molecule has 0 spiro atoms. The Morgan fingerprint density at radius 1 is 1.15 bits per heavy atom. The van der Waals surface area contributed by atoms with Crippen LogP contribution in [0.25, 0.3) is 0 Å². The van der Waals surface area contributed by atoms with Gasteiger partial charge >= 0.3 is 0 Å². The van der Waals surface area contributed by atoms with Gasteiger partial charge in [-0.3, -0.25) is 0 Å². The fourth-order valence-electron chi connectivity index (χ4n) is 1.39. The Morgan fingerprint density at radius 3 is 2.35 bits per heavy atom. The van der Waals surface area contributed by atoms with Crippen molar-refractivity contribution >= 4 is 5.69 Å². The molecule has 0 fully saturated rings. The summed E-state index contributed by atoms with van der Waals surface area (Å²) in [5, 5.41) is 38.0. The van der Waals surface area contributed by atoms with Crippen molar-refractivity contribution in [2.45, 2.75) is 6.92 Å². The van der Waals surface area contributed by atoms with Crippen LogP contribution in [0.3, 0.4) is 0 Å². The lowest BCUT2D eigenvalue weighted by Crippen LogP contribution is -2.02. The second-order valence-corrected chi connectivity index (χ2v) is 3.47. The number of nitrogens with zero attached hydrogens (tertiary/aromatic N) is 4. The van der Waals surface area contributed by atoms with Crippen molar-refractivity contribution in [2.24, 2.45) is 0 Å². The minimum absolute atomic E-state index is 0.151. The first-order valence-electron chi connectivity index (χ1n) is 5.58. The van der Waals surface area contributed by atoms with E-state index in [0.29, 0.717) is 23.6 Å². The zero-order chi connectivity index (χ0) is 15.0. The molecule has 6 nitrogen and oxygen atoms in total. The first kappa shape index (κ1) is 14.6. The summed E-state index contributed by atoms with van der Waals surface area (Å²) in [6.07, 6.45) is 0. The third-order valence-electron chi connectivity index (χ3n) is 2.26. The molecule has 0 saturated carbocycles. The molecule has 0 aliphatic rings. The molecule has 0 amide bonds. The summed E-state index contributed by atoms with van der Waals surface area (Å²) < 4.78 is 5.31. The predicted molar refractivity (Wildman–Crippen MR) is 69.8 cm³/mol. The van der Waals surface area contributed by atoms with Crippen molar-refractivity contribution < 1.29 is 4.74 Å². The van der Waals surface area contributed by atoms with Crippen molar-refractivity contribution in [3.05, 3.63) is 35.0 Å². The third kappa shape index (κ3) is 3.26. The number of allylic oxidation sites excluding steroid dienone is 2. The smallest absolute Gasteiger partial charge is 0.163 e. The minimum atomic E-state index is -0.310. The highest BCUT2D eigenvalue weighted by molar-refractivity contribution is 5.62. The fourth-order valence-corrected chi connectivity index (χ4v) is 1.39. The number of anilines is 1. The van der Waals surface area contributed by atoms with Crippen LogP contribution in [0.4, 0.5) is 5.69 Å². The van der Waals surface area contributed by atoms with E-state index in [1.54, 1.807) is 31.2 Å². The molecule has 0 aliphatic carbocycles. The van der Waals surface area contributed by atoms with Crippen molar-refractivity contribution in [2.75, 3.05) is 11.9 Å². The van der Waals surface area contributed by atoms with Gasteiger partial charge in [0.05, 0.1) is 12.2 Å². The van der Waals surface area contributed by atoms with Gasteiger partial charge in [-0.25, -0.2) is 0 Å². The quantitative estimate of drug-likeness (QED) is 0.832. The highest BCUT2D eigenvalue weighted by Crippen LogP contribution is 2.24. The Hall–Kier alpha value is -3.48. The predicted octanol–water partition coefficient (Wildman–Crippen LogP) is 2.19. The summed E-state index contributed by atoms with van der Waals surface area (Å²) in [4.78, 5) is 0. The van der Waals surface area contributed by atoms with E-state index in [0.717, 1.165) is 0 Å². The Kier molecular flexibility index (Phi) is 5.15. The Morgan fingerprint density at radius 2 is 1.85 bits per heavy atom. The molecule has 1 N–H and O–H groups in total. The molecule has 0 radical (unpaired) electrons. The van der Waals surface area contributed by atoms with Crippen molar-refractivity contribution in [3.8, 4) is 30.0 Å². The van der Waals surface area contributed by atoms with Gasteiger partial charge in [-0.1, -0.05) is 0 Å². The lowest BCUT2D eigenvalue weighted by Gasteiger charge is -2.09. The van der Waals surface area contributed by atoms with E-state index in [1.165, 1.54) is 12.1 Å². The van der Waals surface area contributed by atoms with E-state index in [-0.39, 0.29) is 11.3 Å². The van der Waals surface area contributed by atoms with E-state index < -0.39 is 0 Å². The Labute approximate surface area is 116 Å². The van der Waals surface area contributed by atoms with Crippen LogP contribution in [-0.4, -0.2) is 6.61 Å². The SMILES string of the molecule is CCOc1cc(NC(C#N)=C(C#N)C#N)ccc1C#N. The molecule has 0 atom stereocenters. The summed E-state index contributed by atoms with van der Waals surface area (Å²) in [5.74, 6) is 0.368. The average molecular weight is 263 g/mol. The van der Waals surface area contributed by atoms with Crippen LogP contribution in [-0.2, 0) is 0 Å². The monoisotopic (exact) mass is 263 g/mol. The minimum Gasteiger partial charge on any atom is -0.492 e. The number of benzene rings is 1. The standard InChI is InChI=1S/C14H9N5O/c1-2-20-14-5-12(4-3-10(14)6-15)19-13(9-18)11(7-16)8-17/h3-5,19H,2H2,1H3. The zero-order valence-corrected chi connectivity index (χ0v) is 10.6. The number of ether oxygens (including phenoxy) is 1. The van der Waals surface area contributed by atoms with E-state index >= 15 is 0 Å². The molecule has 0 aliphatic heterocycles. The number of hydrogen-bond donors (Lipinski definition) is 1. The molecule has 1 aromatic rings. The molecule has 0 saturated heterocycles. The molecule has 6 heteroatoms. The van der Waals surface area contributed by atoms with Gasteiger partial charge in [-0.15, -0.1) is 0 Å². The molecular formula is C14H9N5O. The molecule has 20 heavy (non-hydrogen) atoms. The normalized spacial score (nSPS) is 8.25. The van der Waals surface area contributed by atoms with E-state index in [2.05, 4.69) is 5.32 Å². The molecule has 1 rings (SSSR count). The second kappa shape index (κ2) is 7.07. The number of nitrogens with one attached hydrogen (secondary N) is 1. The molecule has 0 heterocycles. The summed E-state index contributed by atoms with van der Waals surface area (Å²) >= 11 is 0. The van der Waals surface area contributed by atoms with Crippen LogP contribution >= 0.6 is 0 Å². The van der Waals surface area contributed by atoms with Crippen LogP contribution in [0.2, 0.25) is 0 Å². The van der Waals surface area contributed by atoms with Gasteiger partial charge in [0.25, 0.3) is 0 Å². The van der Waals surface area contributed by atoms with Crippen molar-refractivity contribution in [1.29, 1.82) is 21.0 Å². The van der Waals surface area contributed by atoms with Crippen molar-refractivity contribution in [3.63, 3.8) is 0 Å². The lowest BCUT2D eigenvalue weighted by atomic mass is 10.2. The maximum absolute atomic E-state index is 8.94. The largest absolute Gasteiger partial charge is 0.492 e. The average Bonchev–Trinajstić information content (AvgIpc) is 2.48. The maximum Gasteiger partial charge on any atom is 0.163 e. The number of nitriles is 4. The topological polar surface area (TPSA) is 116 Å². The second-order valence-electron chi connectivity index (χ2n) is 3.47.